The lowest BCUT2D eigenvalue weighted by Crippen LogP contribution is -2.26. The predicted octanol–water partition coefficient (Wildman–Crippen LogP) is 3.13. The summed E-state index contributed by atoms with van der Waals surface area (Å²) < 4.78 is 36.3. The summed E-state index contributed by atoms with van der Waals surface area (Å²) in [6.45, 7) is 3.55. The number of nitrogens with one attached hydrogen (secondary N) is 1. The van der Waals surface area contributed by atoms with E-state index in [1.54, 1.807) is 29.2 Å². The van der Waals surface area contributed by atoms with Crippen molar-refractivity contribution in [2.75, 3.05) is 33.0 Å². The highest BCUT2D eigenvalue weighted by atomic mass is 35.5. The second-order valence-electron chi connectivity index (χ2n) is 6.73. The maximum Gasteiger partial charge on any atom is 0.273 e. The van der Waals surface area contributed by atoms with E-state index in [0.717, 1.165) is 0 Å². The second kappa shape index (κ2) is 12.9. The van der Waals surface area contributed by atoms with Gasteiger partial charge in [-0.1, -0.05) is 11.6 Å². The van der Waals surface area contributed by atoms with Crippen LogP contribution in [0.1, 0.15) is 23.8 Å². The van der Waals surface area contributed by atoms with Gasteiger partial charge in [-0.2, -0.15) is 5.10 Å². The van der Waals surface area contributed by atoms with Crippen LogP contribution in [-0.2, 0) is 16.0 Å². The number of nitrogens with zero attached hydrogens (tertiary/aromatic N) is 4. The number of oxazole rings is 1. The normalized spacial score (nSPS) is 12.0. The number of alkyl halides is 1. The highest BCUT2D eigenvalue weighted by Gasteiger charge is 2.19. The van der Waals surface area contributed by atoms with Crippen LogP contribution in [0, 0.1) is 0 Å². The number of ether oxygens (including phenoxy) is 3. The predicted molar refractivity (Wildman–Crippen MR) is 117 cm³/mol. The molecular formula is C21H25ClFN5O5. The summed E-state index contributed by atoms with van der Waals surface area (Å²) >= 11 is 6.27. The minimum Gasteiger partial charge on any atom is -0.486 e. The average molecular weight is 481 g/mol. The Labute approximate surface area is 195 Å². The van der Waals surface area contributed by atoms with E-state index in [0.29, 0.717) is 38.3 Å². The molecule has 1 aromatic carbocycles. The van der Waals surface area contributed by atoms with Crippen LogP contribution in [0.25, 0.3) is 11.3 Å². The van der Waals surface area contributed by atoms with Crippen molar-refractivity contribution in [3.63, 3.8) is 0 Å². The molecule has 12 heteroatoms. The molecule has 1 atom stereocenters. The lowest BCUT2D eigenvalue weighted by atomic mass is 10.1. The van der Waals surface area contributed by atoms with E-state index < -0.39 is 6.36 Å². The van der Waals surface area contributed by atoms with Gasteiger partial charge < -0.3 is 23.9 Å². The molecule has 2 heterocycles. The SMILES string of the molecule is CCOCCOC([18F])COc1ccc(-c2ocnc2C(=O)NCCCn2cncn2)cc1Cl. The van der Waals surface area contributed by atoms with Gasteiger partial charge in [0.2, 0.25) is 6.36 Å². The molecule has 0 saturated carbocycles. The number of halogens is 2. The molecule has 1 unspecified atom stereocenters. The van der Waals surface area contributed by atoms with Crippen molar-refractivity contribution in [3.8, 4) is 17.1 Å². The van der Waals surface area contributed by atoms with Gasteiger partial charge in [-0.05, 0) is 31.5 Å². The van der Waals surface area contributed by atoms with Crippen LogP contribution in [0.4, 0.5) is 4.39 Å². The summed E-state index contributed by atoms with van der Waals surface area (Å²) in [4.78, 5) is 20.4. The maximum atomic E-state index is 13.8. The molecule has 0 saturated heterocycles. The number of rotatable bonds is 14. The van der Waals surface area contributed by atoms with E-state index in [2.05, 4.69) is 20.4 Å². The Morgan fingerprint density at radius 3 is 3.00 bits per heavy atom. The monoisotopic (exact) mass is 480 g/mol. The third-order valence-electron chi connectivity index (χ3n) is 4.39. The molecule has 178 valence electrons. The fourth-order valence-electron chi connectivity index (χ4n) is 2.83. The Kier molecular flexibility index (Phi) is 9.60. The summed E-state index contributed by atoms with van der Waals surface area (Å²) in [7, 11) is 0. The minimum absolute atomic E-state index is 0.127. The van der Waals surface area contributed by atoms with Crippen LogP contribution in [0.15, 0.2) is 41.7 Å². The van der Waals surface area contributed by atoms with Gasteiger partial charge in [0, 0.05) is 25.3 Å². The summed E-state index contributed by atoms with van der Waals surface area (Å²) in [6, 6.07) is 4.77. The van der Waals surface area contributed by atoms with E-state index in [1.807, 2.05) is 6.92 Å². The first-order chi connectivity index (χ1) is 16.1. The van der Waals surface area contributed by atoms with E-state index in [9.17, 15) is 9.18 Å². The number of hydrogen-bond acceptors (Lipinski definition) is 8. The van der Waals surface area contributed by atoms with Crippen LogP contribution in [-0.4, -0.2) is 65.0 Å². The minimum atomic E-state index is -1.62. The van der Waals surface area contributed by atoms with Gasteiger partial charge in [0.15, 0.2) is 17.8 Å². The Hall–Kier alpha value is -3.02. The number of hydrogen-bond donors (Lipinski definition) is 1. The molecule has 1 N–H and O–H groups in total. The molecular weight excluding hydrogens is 456 g/mol. The summed E-state index contributed by atoms with van der Waals surface area (Å²) in [6.07, 6.45) is 3.30. The van der Waals surface area contributed by atoms with Crippen LogP contribution in [0.5, 0.6) is 5.75 Å². The first-order valence-corrected chi connectivity index (χ1v) is 10.8. The topological polar surface area (TPSA) is 114 Å². The molecule has 3 rings (SSSR count). The third-order valence-corrected chi connectivity index (χ3v) is 4.69. The van der Waals surface area contributed by atoms with Crippen molar-refractivity contribution < 1.29 is 27.8 Å². The van der Waals surface area contributed by atoms with E-state index >= 15 is 0 Å². The van der Waals surface area contributed by atoms with Crippen LogP contribution < -0.4 is 10.1 Å². The number of benzene rings is 1. The molecule has 0 aliphatic heterocycles. The fraction of sp³-hybridized carbons (Fsp3) is 0.429. The summed E-state index contributed by atoms with van der Waals surface area (Å²) in [5, 5.41) is 7.03. The van der Waals surface area contributed by atoms with Crippen LogP contribution >= 0.6 is 11.6 Å². The Morgan fingerprint density at radius 1 is 1.36 bits per heavy atom. The van der Waals surface area contributed by atoms with Gasteiger partial charge in [-0.25, -0.2) is 14.4 Å². The maximum absolute atomic E-state index is 13.8. The van der Waals surface area contributed by atoms with Gasteiger partial charge in [0.05, 0.1) is 18.2 Å². The summed E-state index contributed by atoms with van der Waals surface area (Å²) in [5.74, 6) is 0.160. The van der Waals surface area contributed by atoms with E-state index in [-0.39, 0.29) is 41.3 Å². The molecule has 2 aromatic heterocycles. The smallest absolute Gasteiger partial charge is 0.273 e. The molecule has 0 fully saturated rings. The molecule has 0 aliphatic carbocycles. The van der Waals surface area contributed by atoms with Crippen LogP contribution in [0.3, 0.4) is 0 Å². The number of carbonyl (C=O) groups excluding carboxylic acids is 1. The zero-order chi connectivity index (χ0) is 23.5. The lowest BCUT2D eigenvalue weighted by Gasteiger charge is -2.13. The van der Waals surface area contributed by atoms with Crippen molar-refractivity contribution >= 4 is 17.5 Å². The lowest BCUT2D eigenvalue weighted by molar-refractivity contribution is -0.0796. The first kappa shape index (κ1) is 24.6. The molecule has 0 spiro atoms. The second-order valence-corrected chi connectivity index (χ2v) is 7.14. The Bertz CT molecular complexity index is 1000. The van der Waals surface area contributed by atoms with Crippen molar-refractivity contribution in [3.05, 3.63) is 48.0 Å². The number of aryl methyl sites for hydroxylation is 1. The van der Waals surface area contributed by atoms with Crippen LogP contribution in [0.2, 0.25) is 5.02 Å². The van der Waals surface area contributed by atoms with E-state index in [4.69, 9.17) is 30.2 Å². The van der Waals surface area contributed by atoms with Crippen molar-refractivity contribution in [2.45, 2.75) is 26.2 Å². The van der Waals surface area contributed by atoms with Gasteiger partial charge in [-0.3, -0.25) is 9.48 Å². The number of carbonyl (C=O) groups is 1. The first-order valence-electron chi connectivity index (χ1n) is 10.4. The zero-order valence-corrected chi connectivity index (χ0v) is 18.8. The van der Waals surface area contributed by atoms with Gasteiger partial charge >= 0.3 is 0 Å². The summed E-state index contributed by atoms with van der Waals surface area (Å²) in [5.41, 5.74) is 0.661. The van der Waals surface area contributed by atoms with Crippen molar-refractivity contribution in [2.24, 2.45) is 0 Å². The number of amides is 1. The fourth-order valence-corrected chi connectivity index (χ4v) is 3.06. The average Bonchev–Trinajstić information content (AvgIpc) is 3.51. The molecule has 33 heavy (non-hydrogen) atoms. The molecule has 0 aliphatic rings. The third kappa shape index (κ3) is 7.52. The largest absolute Gasteiger partial charge is 0.486 e. The highest BCUT2D eigenvalue weighted by molar-refractivity contribution is 6.32. The Balaban J connectivity index is 1.52. The van der Waals surface area contributed by atoms with Crippen molar-refractivity contribution in [1.82, 2.24) is 25.1 Å². The molecule has 3 aromatic rings. The standard InChI is InChI=1S/C21H25ClFN5O5/c1-2-30-8-9-31-18(23)11-32-17-5-4-15(10-16(17)22)20-19(26-14-33-20)21(29)25-6-3-7-28-13-24-12-27-28/h4-5,10,12-14,18H,2-3,6-9,11H2,1H3,(H,25,29)/i23-1. The molecule has 0 bridgehead atoms. The quantitative estimate of drug-likeness (QED) is 0.350. The molecule has 0 radical (unpaired) electrons. The van der Waals surface area contributed by atoms with Gasteiger partial charge in [0.1, 0.15) is 25.0 Å². The van der Waals surface area contributed by atoms with E-state index in [1.165, 1.54) is 12.7 Å². The highest BCUT2D eigenvalue weighted by Crippen LogP contribution is 2.32. The molecule has 10 nitrogen and oxygen atoms in total. The number of aromatic nitrogens is 4. The zero-order valence-electron chi connectivity index (χ0n) is 18.1. The van der Waals surface area contributed by atoms with Gasteiger partial charge in [-0.15, -0.1) is 0 Å². The van der Waals surface area contributed by atoms with Crippen molar-refractivity contribution in [1.29, 1.82) is 0 Å². The Morgan fingerprint density at radius 2 is 2.24 bits per heavy atom. The van der Waals surface area contributed by atoms with Gasteiger partial charge in [0.25, 0.3) is 5.91 Å². The molecule has 1 amide bonds.